The minimum absolute atomic E-state index is 0.487. The van der Waals surface area contributed by atoms with Crippen LogP contribution in [0.25, 0.3) is 0 Å². The molecular formula is C21H32. The van der Waals surface area contributed by atoms with Crippen molar-refractivity contribution in [3.63, 3.8) is 0 Å². The number of hydrogen-bond donors (Lipinski definition) is 0. The van der Waals surface area contributed by atoms with Crippen LogP contribution >= 0.6 is 0 Å². The van der Waals surface area contributed by atoms with Crippen molar-refractivity contribution >= 4 is 0 Å². The molecule has 6 atom stereocenters. The van der Waals surface area contributed by atoms with Crippen molar-refractivity contribution in [2.45, 2.75) is 72.1 Å². The fourth-order valence-corrected chi connectivity index (χ4v) is 6.81. The Morgan fingerprint density at radius 1 is 0.952 bits per heavy atom. The Labute approximate surface area is 131 Å². The highest BCUT2D eigenvalue weighted by Gasteiger charge is 2.56. The smallest absolute Gasteiger partial charge is 0.00851 e. The predicted octanol–water partition coefficient (Wildman–Crippen LogP) is 6.14. The van der Waals surface area contributed by atoms with E-state index >= 15 is 0 Å². The van der Waals surface area contributed by atoms with Gasteiger partial charge in [0.15, 0.2) is 0 Å². The van der Waals surface area contributed by atoms with Gasteiger partial charge in [-0.05, 0) is 85.9 Å². The third-order valence-corrected chi connectivity index (χ3v) is 8.30. The summed E-state index contributed by atoms with van der Waals surface area (Å²) in [6, 6.07) is 0. The minimum Gasteiger partial charge on any atom is -0.0993 e. The maximum absolute atomic E-state index is 4.45. The lowest BCUT2D eigenvalue weighted by Gasteiger charge is -2.58. The van der Waals surface area contributed by atoms with Gasteiger partial charge in [-0.15, -0.1) is 0 Å². The number of rotatable bonds is 0. The summed E-state index contributed by atoms with van der Waals surface area (Å²) in [4.78, 5) is 0. The number of allylic oxidation sites excluding steroid dienone is 3. The van der Waals surface area contributed by atoms with E-state index in [9.17, 15) is 0 Å². The van der Waals surface area contributed by atoms with Crippen molar-refractivity contribution in [1.82, 2.24) is 0 Å². The fraction of sp³-hybridized carbons (Fsp3) is 0.810. The van der Waals surface area contributed by atoms with Crippen LogP contribution in [0.5, 0.6) is 0 Å². The quantitative estimate of drug-likeness (QED) is 0.469. The van der Waals surface area contributed by atoms with Gasteiger partial charge < -0.3 is 0 Å². The van der Waals surface area contributed by atoms with E-state index in [1.807, 2.05) is 5.57 Å². The number of fused-ring (bicyclic) bond motifs is 5. The highest BCUT2D eigenvalue weighted by molar-refractivity contribution is 5.27. The Kier molecular flexibility index (Phi) is 3.02. The maximum atomic E-state index is 4.45. The average molecular weight is 284 g/mol. The molecule has 0 radical (unpaired) electrons. The van der Waals surface area contributed by atoms with Crippen molar-refractivity contribution in [3.05, 3.63) is 23.8 Å². The van der Waals surface area contributed by atoms with E-state index in [-0.39, 0.29) is 0 Å². The van der Waals surface area contributed by atoms with E-state index in [1.165, 1.54) is 51.4 Å². The van der Waals surface area contributed by atoms with Gasteiger partial charge in [-0.25, -0.2) is 0 Å². The first-order valence-electron chi connectivity index (χ1n) is 9.34. The van der Waals surface area contributed by atoms with Crippen molar-refractivity contribution in [2.24, 2.45) is 34.5 Å². The van der Waals surface area contributed by atoms with Crippen LogP contribution in [0.1, 0.15) is 72.1 Å². The Bertz CT molecular complexity index is 498. The molecule has 0 bridgehead atoms. The zero-order chi connectivity index (χ0) is 14.8. The predicted molar refractivity (Wildman–Crippen MR) is 90.0 cm³/mol. The summed E-state index contributed by atoms with van der Waals surface area (Å²) in [5.74, 6) is 3.72. The molecular weight excluding hydrogens is 252 g/mol. The lowest BCUT2D eigenvalue weighted by atomic mass is 9.47. The zero-order valence-electron chi connectivity index (χ0n) is 14.3. The van der Waals surface area contributed by atoms with Crippen molar-refractivity contribution in [3.8, 4) is 0 Å². The highest BCUT2D eigenvalue weighted by Crippen LogP contribution is 2.66. The topological polar surface area (TPSA) is 0 Å². The Hall–Kier alpha value is -0.520. The summed E-state index contributed by atoms with van der Waals surface area (Å²) in [5.41, 5.74) is 4.44. The molecule has 0 spiro atoms. The first-order chi connectivity index (χ1) is 9.95. The molecule has 0 heteroatoms. The molecule has 0 saturated heterocycles. The van der Waals surface area contributed by atoms with Gasteiger partial charge in [0, 0.05) is 0 Å². The van der Waals surface area contributed by atoms with Gasteiger partial charge in [-0.3, -0.25) is 0 Å². The molecule has 116 valence electrons. The van der Waals surface area contributed by atoms with Gasteiger partial charge in [0.25, 0.3) is 0 Å². The summed E-state index contributed by atoms with van der Waals surface area (Å²) in [5, 5.41) is 0. The molecule has 4 aliphatic rings. The second kappa shape index (κ2) is 4.49. The molecule has 4 aliphatic carbocycles. The van der Waals surface area contributed by atoms with Crippen LogP contribution in [0.15, 0.2) is 23.8 Å². The Morgan fingerprint density at radius 2 is 1.67 bits per heavy atom. The summed E-state index contributed by atoms with van der Waals surface area (Å²) < 4.78 is 0. The second-order valence-electron chi connectivity index (χ2n) is 9.14. The summed E-state index contributed by atoms with van der Waals surface area (Å²) in [6.07, 6.45) is 14.0. The lowest BCUT2D eigenvalue weighted by Crippen LogP contribution is -2.49. The molecule has 0 amide bonds. The van der Waals surface area contributed by atoms with E-state index in [0.29, 0.717) is 10.8 Å². The first kappa shape index (κ1) is 14.1. The Balaban J connectivity index is 1.69. The van der Waals surface area contributed by atoms with Gasteiger partial charge in [0.05, 0.1) is 0 Å². The summed E-state index contributed by atoms with van der Waals surface area (Å²) >= 11 is 0. The molecule has 3 fully saturated rings. The van der Waals surface area contributed by atoms with E-state index in [0.717, 1.165) is 23.7 Å². The highest BCUT2D eigenvalue weighted by atomic mass is 14.6. The standard InChI is InChI=1S/C21H32/c1-14-9-11-21(4)16(13-14)6-7-17-18-8-5-15(2)20(18,3)12-10-19(17)21/h13-14,17-19H,2,5-12H2,1,3-4H3/t14-,17?,18?,19?,20+,21-/m0/s1. The van der Waals surface area contributed by atoms with Gasteiger partial charge in [0.1, 0.15) is 0 Å². The van der Waals surface area contributed by atoms with Crippen LogP contribution in [-0.4, -0.2) is 0 Å². The van der Waals surface area contributed by atoms with E-state index in [2.05, 4.69) is 33.4 Å². The molecule has 0 nitrogen and oxygen atoms in total. The molecule has 0 aromatic rings. The van der Waals surface area contributed by atoms with E-state index < -0.39 is 0 Å². The first-order valence-corrected chi connectivity index (χ1v) is 9.34. The van der Waals surface area contributed by atoms with Crippen LogP contribution in [0, 0.1) is 34.5 Å². The van der Waals surface area contributed by atoms with E-state index in [1.54, 1.807) is 5.57 Å². The van der Waals surface area contributed by atoms with Crippen molar-refractivity contribution in [2.75, 3.05) is 0 Å². The average Bonchev–Trinajstić information content (AvgIpc) is 2.76. The van der Waals surface area contributed by atoms with Crippen molar-refractivity contribution in [1.29, 1.82) is 0 Å². The normalized spacial score (nSPS) is 52.7. The summed E-state index contributed by atoms with van der Waals surface area (Å²) in [6.45, 7) is 12.0. The number of hydrogen-bond acceptors (Lipinski definition) is 0. The minimum atomic E-state index is 0.487. The molecule has 0 aromatic heterocycles. The second-order valence-corrected chi connectivity index (χ2v) is 9.14. The molecule has 0 aromatic carbocycles. The van der Waals surface area contributed by atoms with Crippen LogP contribution in [0.3, 0.4) is 0 Å². The lowest BCUT2D eigenvalue weighted by molar-refractivity contribution is -0.0272. The van der Waals surface area contributed by atoms with Crippen molar-refractivity contribution < 1.29 is 0 Å². The van der Waals surface area contributed by atoms with Gasteiger partial charge in [-0.1, -0.05) is 44.6 Å². The SMILES string of the molecule is C=C1CCC2C3CCC4=C[C@@H](C)CC[C@]4(C)C3CC[C@]12C. The monoisotopic (exact) mass is 284 g/mol. The fourth-order valence-electron chi connectivity index (χ4n) is 6.81. The molecule has 3 saturated carbocycles. The zero-order valence-corrected chi connectivity index (χ0v) is 14.3. The largest absolute Gasteiger partial charge is 0.0993 e. The molecule has 3 unspecified atom stereocenters. The molecule has 0 N–H and O–H groups in total. The maximum Gasteiger partial charge on any atom is -0.00851 e. The Morgan fingerprint density at radius 3 is 2.48 bits per heavy atom. The third-order valence-electron chi connectivity index (χ3n) is 8.30. The molecule has 21 heavy (non-hydrogen) atoms. The van der Waals surface area contributed by atoms with E-state index in [4.69, 9.17) is 0 Å². The molecule has 4 rings (SSSR count). The molecule has 0 aliphatic heterocycles. The van der Waals surface area contributed by atoms with Crippen LogP contribution in [0.4, 0.5) is 0 Å². The third kappa shape index (κ3) is 1.80. The van der Waals surface area contributed by atoms with Crippen LogP contribution in [0.2, 0.25) is 0 Å². The van der Waals surface area contributed by atoms with Gasteiger partial charge in [0.2, 0.25) is 0 Å². The van der Waals surface area contributed by atoms with Gasteiger partial charge in [-0.2, -0.15) is 0 Å². The van der Waals surface area contributed by atoms with Crippen LogP contribution < -0.4 is 0 Å². The van der Waals surface area contributed by atoms with Gasteiger partial charge >= 0.3 is 0 Å². The van der Waals surface area contributed by atoms with Crippen LogP contribution in [-0.2, 0) is 0 Å². The summed E-state index contributed by atoms with van der Waals surface area (Å²) in [7, 11) is 0. The molecule has 0 heterocycles.